The molecule has 3 heterocycles. The number of amides is 2. The molecule has 6 heteroatoms. The van der Waals surface area contributed by atoms with Crippen LogP contribution in [0.25, 0.3) is 0 Å². The topological polar surface area (TPSA) is 53.1 Å². The van der Waals surface area contributed by atoms with E-state index in [4.69, 9.17) is 4.74 Å². The first-order chi connectivity index (χ1) is 17.3. The van der Waals surface area contributed by atoms with E-state index in [9.17, 15) is 9.59 Å². The summed E-state index contributed by atoms with van der Waals surface area (Å²) in [6.45, 7) is 19.4. The standard InChI is InChI=1S/C31H55N3O3/c1-29(2,3)28(36)34-21-15-31(16-22-34)13-7-24(8-14-31)23-32-17-9-25(10-18-32)27(35)33-19-11-26(12-20-33)37-30(4,5)6/h24-26H,7-23H2,1-6H3. The molecule has 0 bridgehead atoms. The second kappa shape index (κ2) is 11.5. The Labute approximate surface area is 226 Å². The lowest BCUT2D eigenvalue weighted by Crippen LogP contribution is -2.49. The van der Waals surface area contributed by atoms with Crippen LogP contribution in [-0.4, -0.2) is 84.0 Å². The highest BCUT2D eigenvalue weighted by atomic mass is 16.5. The van der Waals surface area contributed by atoms with Gasteiger partial charge in [-0.2, -0.15) is 0 Å². The average molecular weight is 518 g/mol. The van der Waals surface area contributed by atoms with E-state index in [2.05, 4.69) is 35.5 Å². The van der Waals surface area contributed by atoms with Gasteiger partial charge in [0.05, 0.1) is 11.7 Å². The number of carbonyl (C=O) groups is 2. The van der Waals surface area contributed by atoms with Crippen molar-refractivity contribution in [3.8, 4) is 0 Å². The molecule has 0 radical (unpaired) electrons. The maximum absolute atomic E-state index is 13.2. The Hall–Kier alpha value is -1.14. The van der Waals surface area contributed by atoms with Gasteiger partial charge >= 0.3 is 0 Å². The summed E-state index contributed by atoms with van der Waals surface area (Å²) in [5, 5.41) is 0. The highest BCUT2D eigenvalue weighted by molar-refractivity contribution is 5.81. The van der Waals surface area contributed by atoms with Crippen LogP contribution in [0.15, 0.2) is 0 Å². The lowest BCUT2D eigenvalue weighted by atomic mass is 9.65. The number of hydrogen-bond donors (Lipinski definition) is 0. The summed E-state index contributed by atoms with van der Waals surface area (Å²) >= 11 is 0. The van der Waals surface area contributed by atoms with Gasteiger partial charge in [0.1, 0.15) is 0 Å². The molecule has 4 rings (SSSR count). The summed E-state index contributed by atoms with van der Waals surface area (Å²) in [5.74, 6) is 1.72. The summed E-state index contributed by atoms with van der Waals surface area (Å²) < 4.78 is 6.14. The van der Waals surface area contributed by atoms with Crippen molar-refractivity contribution in [2.24, 2.45) is 22.7 Å². The fourth-order valence-corrected chi connectivity index (χ4v) is 7.31. The molecular formula is C31H55N3O3. The number of carbonyl (C=O) groups excluding carboxylic acids is 2. The zero-order valence-electron chi connectivity index (χ0n) is 24.8. The highest BCUT2D eigenvalue weighted by Gasteiger charge is 2.41. The minimum Gasteiger partial charge on any atom is -0.372 e. The molecule has 6 nitrogen and oxygen atoms in total. The molecule has 0 aromatic carbocycles. The van der Waals surface area contributed by atoms with Gasteiger partial charge in [-0.15, -0.1) is 0 Å². The maximum Gasteiger partial charge on any atom is 0.227 e. The van der Waals surface area contributed by atoms with Gasteiger partial charge in [-0.05, 0) is 109 Å². The third-order valence-electron chi connectivity index (χ3n) is 9.65. The van der Waals surface area contributed by atoms with Gasteiger partial charge in [0, 0.05) is 44.1 Å². The first-order valence-electron chi connectivity index (χ1n) is 15.3. The van der Waals surface area contributed by atoms with Crippen LogP contribution in [0.5, 0.6) is 0 Å². The minimum atomic E-state index is -0.266. The molecule has 37 heavy (non-hydrogen) atoms. The van der Waals surface area contributed by atoms with Crippen LogP contribution in [0.2, 0.25) is 0 Å². The lowest BCUT2D eigenvalue weighted by Gasteiger charge is -2.47. The zero-order chi connectivity index (χ0) is 26.8. The number of piperidine rings is 3. The van der Waals surface area contributed by atoms with Gasteiger partial charge in [0.2, 0.25) is 11.8 Å². The number of likely N-dealkylation sites (tertiary alicyclic amines) is 3. The van der Waals surface area contributed by atoms with E-state index in [-0.39, 0.29) is 16.9 Å². The molecular weight excluding hydrogens is 462 g/mol. The summed E-state index contributed by atoms with van der Waals surface area (Å²) in [4.78, 5) is 32.7. The van der Waals surface area contributed by atoms with Crippen molar-refractivity contribution in [2.75, 3.05) is 45.8 Å². The SMILES string of the molecule is CC(C)(C)OC1CCN(C(=O)C2CCN(CC3CCC4(CC3)CCN(C(=O)C(C)(C)C)CC4)CC2)CC1. The number of nitrogens with zero attached hydrogens (tertiary/aromatic N) is 3. The molecule has 3 saturated heterocycles. The van der Waals surface area contributed by atoms with Crippen molar-refractivity contribution in [3.63, 3.8) is 0 Å². The van der Waals surface area contributed by atoms with E-state index in [1.165, 1.54) is 45.1 Å². The molecule has 0 unspecified atom stereocenters. The fraction of sp³-hybridized carbons (Fsp3) is 0.935. The molecule has 4 fully saturated rings. The largest absolute Gasteiger partial charge is 0.372 e. The van der Waals surface area contributed by atoms with Crippen LogP contribution in [0.1, 0.15) is 106 Å². The van der Waals surface area contributed by atoms with E-state index in [1.54, 1.807) is 0 Å². The quantitative estimate of drug-likeness (QED) is 0.504. The molecule has 3 aliphatic heterocycles. The zero-order valence-corrected chi connectivity index (χ0v) is 24.8. The molecule has 1 saturated carbocycles. The van der Waals surface area contributed by atoms with Crippen molar-refractivity contribution in [1.82, 2.24) is 14.7 Å². The van der Waals surface area contributed by atoms with Crippen LogP contribution in [0, 0.1) is 22.7 Å². The number of rotatable bonds is 4. The predicted molar refractivity (Wildman–Crippen MR) is 149 cm³/mol. The molecule has 212 valence electrons. The maximum atomic E-state index is 13.2. The van der Waals surface area contributed by atoms with E-state index < -0.39 is 0 Å². The molecule has 0 aromatic rings. The second-order valence-electron chi connectivity index (χ2n) is 14.8. The second-order valence-corrected chi connectivity index (χ2v) is 14.8. The number of ether oxygens (including phenoxy) is 1. The third-order valence-corrected chi connectivity index (χ3v) is 9.65. The van der Waals surface area contributed by atoms with E-state index in [0.29, 0.717) is 23.3 Å². The Morgan fingerprint density at radius 1 is 0.730 bits per heavy atom. The Balaban J connectivity index is 1.13. The Morgan fingerprint density at radius 2 is 1.30 bits per heavy atom. The van der Waals surface area contributed by atoms with Crippen molar-refractivity contribution in [2.45, 2.75) is 117 Å². The normalized spacial score (nSPS) is 25.6. The molecule has 1 aliphatic carbocycles. The minimum absolute atomic E-state index is 0.104. The summed E-state index contributed by atoms with van der Waals surface area (Å²) in [5.41, 5.74) is 0.112. The molecule has 1 spiro atoms. The van der Waals surface area contributed by atoms with Crippen molar-refractivity contribution < 1.29 is 14.3 Å². The monoisotopic (exact) mass is 517 g/mol. The summed E-state index contributed by atoms with van der Waals surface area (Å²) in [6.07, 6.45) is 12.0. The van der Waals surface area contributed by atoms with Gasteiger partial charge in [-0.25, -0.2) is 0 Å². The van der Waals surface area contributed by atoms with Crippen molar-refractivity contribution in [1.29, 1.82) is 0 Å². The first-order valence-corrected chi connectivity index (χ1v) is 15.3. The first kappa shape index (κ1) is 28.9. The number of hydrogen-bond acceptors (Lipinski definition) is 4. The Morgan fingerprint density at radius 3 is 1.81 bits per heavy atom. The fourth-order valence-electron chi connectivity index (χ4n) is 7.31. The van der Waals surface area contributed by atoms with Gasteiger partial charge in [-0.1, -0.05) is 20.8 Å². The van der Waals surface area contributed by atoms with Crippen molar-refractivity contribution >= 4 is 11.8 Å². The van der Waals surface area contributed by atoms with Gasteiger partial charge in [-0.3, -0.25) is 9.59 Å². The molecule has 0 aromatic heterocycles. The van der Waals surface area contributed by atoms with E-state index in [0.717, 1.165) is 70.9 Å². The summed E-state index contributed by atoms with van der Waals surface area (Å²) in [6, 6.07) is 0. The van der Waals surface area contributed by atoms with Crippen molar-refractivity contribution in [3.05, 3.63) is 0 Å². The molecule has 0 N–H and O–H groups in total. The van der Waals surface area contributed by atoms with Crippen LogP contribution < -0.4 is 0 Å². The summed E-state index contributed by atoms with van der Waals surface area (Å²) in [7, 11) is 0. The molecule has 4 aliphatic rings. The van der Waals surface area contributed by atoms with Crippen LogP contribution in [0.4, 0.5) is 0 Å². The smallest absolute Gasteiger partial charge is 0.227 e. The Bertz CT molecular complexity index is 765. The third kappa shape index (κ3) is 7.71. The Kier molecular flexibility index (Phi) is 9.00. The average Bonchev–Trinajstić information content (AvgIpc) is 2.85. The highest BCUT2D eigenvalue weighted by Crippen LogP contribution is 2.47. The lowest BCUT2D eigenvalue weighted by molar-refractivity contribution is -0.143. The molecule has 0 atom stereocenters. The van der Waals surface area contributed by atoms with Crippen LogP contribution in [-0.2, 0) is 14.3 Å². The van der Waals surface area contributed by atoms with Crippen LogP contribution >= 0.6 is 0 Å². The van der Waals surface area contributed by atoms with E-state index in [1.807, 2.05) is 20.8 Å². The van der Waals surface area contributed by atoms with Crippen LogP contribution in [0.3, 0.4) is 0 Å². The van der Waals surface area contributed by atoms with E-state index >= 15 is 0 Å². The van der Waals surface area contributed by atoms with Gasteiger partial charge < -0.3 is 19.4 Å². The van der Waals surface area contributed by atoms with Gasteiger partial charge in [0.15, 0.2) is 0 Å². The van der Waals surface area contributed by atoms with Gasteiger partial charge in [0.25, 0.3) is 0 Å². The predicted octanol–water partition coefficient (Wildman–Crippen LogP) is 5.35. The molecule has 2 amide bonds.